The molecule has 0 amide bonds. The first kappa shape index (κ1) is 11.0. The van der Waals surface area contributed by atoms with Crippen LogP contribution in [0.4, 0.5) is 0 Å². The number of sulfone groups is 1. The van der Waals surface area contributed by atoms with Crippen molar-refractivity contribution in [3.63, 3.8) is 0 Å². The standard InChI is InChI=1S/C11H18O3S/c12-15(13)8-11(9-15)5-6-14-7-10-3-1-2-4-10/h7,11H,1-6,8-9H2. The third kappa shape index (κ3) is 3.23. The zero-order valence-corrected chi connectivity index (χ0v) is 9.76. The van der Waals surface area contributed by atoms with Crippen LogP contribution in [0.15, 0.2) is 11.8 Å². The molecule has 0 spiro atoms. The van der Waals surface area contributed by atoms with Gasteiger partial charge in [0.25, 0.3) is 0 Å². The fourth-order valence-corrected chi connectivity index (χ4v) is 3.87. The lowest BCUT2D eigenvalue weighted by Gasteiger charge is -2.25. The maximum Gasteiger partial charge on any atom is 0.150 e. The van der Waals surface area contributed by atoms with Crippen molar-refractivity contribution in [1.29, 1.82) is 0 Å². The molecule has 86 valence electrons. The molecule has 4 heteroatoms. The maximum atomic E-state index is 10.9. The topological polar surface area (TPSA) is 43.4 Å². The molecule has 1 saturated heterocycles. The summed E-state index contributed by atoms with van der Waals surface area (Å²) in [6.07, 6.45) is 7.70. The van der Waals surface area contributed by atoms with Gasteiger partial charge in [0.1, 0.15) is 0 Å². The van der Waals surface area contributed by atoms with Gasteiger partial charge in [-0.1, -0.05) is 0 Å². The van der Waals surface area contributed by atoms with Gasteiger partial charge >= 0.3 is 0 Å². The van der Waals surface area contributed by atoms with E-state index < -0.39 is 9.84 Å². The van der Waals surface area contributed by atoms with Crippen LogP contribution in [0.1, 0.15) is 32.1 Å². The SMILES string of the molecule is O=S1(=O)CC(CCOC=C2CCCC2)C1. The van der Waals surface area contributed by atoms with Crippen LogP contribution in [-0.2, 0) is 14.6 Å². The van der Waals surface area contributed by atoms with Crippen molar-refractivity contribution in [2.75, 3.05) is 18.1 Å². The first-order chi connectivity index (χ1) is 7.16. The predicted molar refractivity (Wildman–Crippen MR) is 59.3 cm³/mol. The Hall–Kier alpha value is -0.510. The first-order valence-corrected chi connectivity index (χ1v) is 7.48. The summed E-state index contributed by atoms with van der Waals surface area (Å²) in [4.78, 5) is 0. The Morgan fingerprint density at radius 3 is 2.53 bits per heavy atom. The van der Waals surface area contributed by atoms with Crippen LogP contribution < -0.4 is 0 Å². The maximum absolute atomic E-state index is 10.9. The highest BCUT2D eigenvalue weighted by Crippen LogP contribution is 2.24. The summed E-state index contributed by atoms with van der Waals surface area (Å²) in [5.41, 5.74) is 1.41. The average molecular weight is 230 g/mol. The molecule has 0 aromatic heterocycles. The Morgan fingerprint density at radius 1 is 1.27 bits per heavy atom. The minimum absolute atomic E-state index is 0.344. The van der Waals surface area contributed by atoms with E-state index in [9.17, 15) is 8.42 Å². The minimum atomic E-state index is -2.65. The predicted octanol–water partition coefficient (Wildman–Crippen LogP) is 1.90. The van der Waals surface area contributed by atoms with Crippen LogP contribution >= 0.6 is 0 Å². The molecular formula is C11H18O3S. The monoisotopic (exact) mass is 230 g/mol. The van der Waals surface area contributed by atoms with Crippen molar-refractivity contribution in [2.24, 2.45) is 5.92 Å². The molecule has 0 radical (unpaired) electrons. The molecule has 2 fully saturated rings. The molecule has 0 atom stereocenters. The zero-order valence-electron chi connectivity index (χ0n) is 8.94. The van der Waals surface area contributed by atoms with Gasteiger partial charge in [-0.05, 0) is 43.6 Å². The van der Waals surface area contributed by atoms with Gasteiger partial charge in [-0.15, -0.1) is 0 Å². The van der Waals surface area contributed by atoms with E-state index >= 15 is 0 Å². The molecule has 0 unspecified atom stereocenters. The minimum Gasteiger partial charge on any atom is -0.501 e. The fraction of sp³-hybridized carbons (Fsp3) is 0.818. The Bertz CT molecular complexity index is 323. The zero-order chi connectivity index (χ0) is 10.7. The van der Waals surface area contributed by atoms with Crippen molar-refractivity contribution >= 4 is 9.84 Å². The summed E-state index contributed by atoms with van der Waals surface area (Å²) in [6, 6.07) is 0. The van der Waals surface area contributed by atoms with E-state index in [1.54, 1.807) is 0 Å². The van der Waals surface area contributed by atoms with E-state index in [0.29, 0.717) is 24.0 Å². The molecule has 0 aromatic rings. The Labute approximate surface area is 91.4 Å². The van der Waals surface area contributed by atoms with Crippen molar-refractivity contribution in [3.05, 3.63) is 11.8 Å². The normalized spacial score (nSPS) is 24.9. The molecule has 15 heavy (non-hydrogen) atoms. The number of hydrogen-bond acceptors (Lipinski definition) is 3. The fourth-order valence-electron chi connectivity index (χ4n) is 2.19. The van der Waals surface area contributed by atoms with Crippen LogP contribution in [0.2, 0.25) is 0 Å². The molecule has 1 aliphatic carbocycles. The second-order valence-electron chi connectivity index (χ2n) is 4.59. The Kier molecular flexibility index (Phi) is 3.34. The summed E-state index contributed by atoms with van der Waals surface area (Å²) in [6.45, 7) is 0.670. The van der Waals surface area contributed by atoms with Gasteiger partial charge < -0.3 is 4.74 Å². The quantitative estimate of drug-likeness (QED) is 0.547. The second kappa shape index (κ2) is 4.56. The van der Waals surface area contributed by atoms with Gasteiger partial charge in [0.15, 0.2) is 9.84 Å². The van der Waals surface area contributed by atoms with Crippen molar-refractivity contribution in [1.82, 2.24) is 0 Å². The van der Waals surface area contributed by atoms with E-state index in [-0.39, 0.29) is 0 Å². The highest BCUT2D eigenvalue weighted by molar-refractivity contribution is 7.92. The lowest BCUT2D eigenvalue weighted by molar-refractivity contribution is 0.224. The van der Waals surface area contributed by atoms with Crippen LogP contribution in [0.3, 0.4) is 0 Å². The summed E-state index contributed by atoms with van der Waals surface area (Å²) in [5, 5.41) is 0. The number of ether oxygens (including phenoxy) is 1. The van der Waals surface area contributed by atoms with Crippen LogP contribution in [0.25, 0.3) is 0 Å². The molecule has 0 N–H and O–H groups in total. The van der Waals surface area contributed by atoms with E-state index in [1.807, 2.05) is 6.26 Å². The molecule has 2 rings (SSSR count). The van der Waals surface area contributed by atoms with Crippen molar-refractivity contribution in [2.45, 2.75) is 32.1 Å². The highest BCUT2D eigenvalue weighted by Gasteiger charge is 2.32. The molecule has 1 aliphatic heterocycles. The third-order valence-electron chi connectivity index (χ3n) is 3.12. The molecule has 0 bridgehead atoms. The lowest BCUT2D eigenvalue weighted by Crippen LogP contribution is -2.36. The van der Waals surface area contributed by atoms with Gasteiger partial charge in [-0.3, -0.25) is 0 Å². The summed E-state index contributed by atoms with van der Waals surface area (Å²) < 4.78 is 27.2. The van der Waals surface area contributed by atoms with Crippen LogP contribution in [-0.4, -0.2) is 26.5 Å². The van der Waals surface area contributed by atoms with E-state index in [1.165, 1.54) is 31.3 Å². The van der Waals surface area contributed by atoms with Gasteiger partial charge in [-0.25, -0.2) is 8.42 Å². The molecule has 3 nitrogen and oxygen atoms in total. The van der Waals surface area contributed by atoms with Crippen molar-refractivity contribution in [3.8, 4) is 0 Å². The smallest absolute Gasteiger partial charge is 0.150 e. The lowest BCUT2D eigenvalue weighted by atomic mass is 10.1. The Morgan fingerprint density at radius 2 is 1.93 bits per heavy atom. The second-order valence-corrected chi connectivity index (χ2v) is 6.74. The van der Waals surface area contributed by atoms with Crippen LogP contribution in [0.5, 0.6) is 0 Å². The highest BCUT2D eigenvalue weighted by atomic mass is 32.2. The largest absolute Gasteiger partial charge is 0.501 e. The molecule has 1 heterocycles. The summed E-state index contributed by atoms with van der Waals surface area (Å²) in [7, 11) is -2.65. The third-order valence-corrected chi connectivity index (χ3v) is 5.08. The van der Waals surface area contributed by atoms with Gasteiger partial charge in [0, 0.05) is 0 Å². The molecular weight excluding hydrogens is 212 g/mol. The average Bonchev–Trinajstić information content (AvgIpc) is 2.61. The molecule has 2 aliphatic rings. The molecule has 0 aromatic carbocycles. The number of allylic oxidation sites excluding steroid dienone is 1. The Balaban J connectivity index is 1.58. The number of hydrogen-bond donors (Lipinski definition) is 0. The van der Waals surface area contributed by atoms with E-state index in [0.717, 1.165) is 6.42 Å². The number of rotatable bonds is 4. The summed E-state index contributed by atoms with van der Waals surface area (Å²) >= 11 is 0. The van der Waals surface area contributed by atoms with E-state index in [2.05, 4.69) is 0 Å². The molecule has 1 saturated carbocycles. The van der Waals surface area contributed by atoms with Gasteiger partial charge in [0.2, 0.25) is 0 Å². The first-order valence-electron chi connectivity index (χ1n) is 5.66. The van der Waals surface area contributed by atoms with E-state index in [4.69, 9.17) is 4.74 Å². The van der Waals surface area contributed by atoms with Crippen molar-refractivity contribution < 1.29 is 13.2 Å². The van der Waals surface area contributed by atoms with Gasteiger partial charge in [-0.2, -0.15) is 0 Å². The summed E-state index contributed by atoms with van der Waals surface area (Å²) in [5.74, 6) is 1.08. The van der Waals surface area contributed by atoms with Gasteiger partial charge in [0.05, 0.1) is 24.4 Å². The van der Waals surface area contributed by atoms with Crippen LogP contribution in [0, 0.1) is 5.92 Å².